The minimum Gasteiger partial charge on any atom is -0.507 e. The number of para-hydroxylation sites is 1. The molecule has 1 amide bonds. The fourth-order valence-corrected chi connectivity index (χ4v) is 5.07. The third-order valence-corrected chi connectivity index (χ3v) is 6.54. The predicted octanol–water partition coefficient (Wildman–Crippen LogP) is 4.68. The van der Waals surface area contributed by atoms with E-state index in [1.807, 2.05) is 42.1 Å². The van der Waals surface area contributed by atoms with Gasteiger partial charge in [-0.15, -0.1) is 0 Å². The summed E-state index contributed by atoms with van der Waals surface area (Å²) in [4.78, 5) is 28.0. The van der Waals surface area contributed by atoms with Crippen LogP contribution in [0.25, 0.3) is 16.7 Å². The van der Waals surface area contributed by atoms with Gasteiger partial charge in [0.25, 0.3) is 11.7 Å². The number of ketones is 1. The van der Waals surface area contributed by atoms with Gasteiger partial charge in [0.15, 0.2) is 0 Å². The van der Waals surface area contributed by atoms with Gasteiger partial charge in [-0.25, -0.2) is 4.39 Å². The molecule has 158 valence electrons. The molecule has 5 rings (SSSR count). The summed E-state index contributed by atoms with van der Waals surface area (Å²) >= 11 is 0. The first-order valence-electron chi connectivity index (χ1n) is 10.6. The summed E-state index contributed by atoms with van der Waals surface area (Å²) < 4.78 is 15.4. The van der Waals surface area contributed by atoms with Crippen LogP contribution in [0.1, 0.15) is 42.9 Å². The molecule has 1 aromatic heterocycles. The molecular weight excluding hydrogens is 395 g/mol. The van der Waals surface area contributed by atoms with E-state index in [-0.39, 0.29) is 17.4 Å². The van der Waals surface area contributed by atoms with Crippen LogP contribution < -0.4 is 0 Å². The first-order chi connectivity index (χ1) is 15.0. The van der Waals surface area contributed by atoms with Crippen molar-refractivity contribution in [1.82, 2.24) is 9.47 Å². The minimum absolute atomic E-state index is 0.0427. The maximum Gasteiger partial charge on any atom is 0.295 e. The highest BCUT2D eigenvalue weighted by Gasteiger charge is 2.49. The predicted molar refractivity (Wildman–Crippen MR) is 116 cm³/mol. The molecule has 5 nitrogen and oxygen atoms in total. The Balaban J connectivity index is 1.75. The number of fused-ring (bicyclic) bond motifs is 1. The first-order valence-corrected chi connectivity index (χ1v) is 10.6. The number of hydrogen-bond donors (Lipinski definition) is 1. The number of Topliss-reactive ketones (excluding diaryl/α,β-unsaturated/α-hetero) is 1. The summed E-state index contributed by atoms with van der Waals surface area (Å²) in [5.74, 6) is -1.97. The number of amides is 1. The van der Waals surface area contributed by atoms with E-state index < -0.39 is 23.5 Å². The van der Waals surface area contributed by atoms with Crippen molar-refractivity contribution in [2.45, 2.75) is 37.8 Å². The summed E-state index contributed by atoms with van der Waals surface area (Å²) in [6.07, 6.45) is 5.62. The van der Waals surface area contributed by atoms with Gasteiger partial charge in [0.1, 0.15) is 11.6 Å². The lowest BCUT2D eigenvalue weighted by Crippen LogP contribution is -2.37. The number of aryl methyl sites for hydroxylation is 1. The van der Waals surface area contributed by atoms with Gasteiger partial charge in [0.05, 0.1) is 11.6 Å². The summed E-state index contributed by atoms with van der Waals surface area (Å²) in [6.45, 7) is 0. The molecule has 0 radical (unpaired) electrons. The number of aliphatic hydroxyl groups is 1. The Hall–Kier alpha value is -3.41. The number of carbonyl (C=O) groups excluding carboxylic acids is 2. The largest absolute Gasteiger partial charge is 0.507 e. The van der Waals surface area contributed by atoms with Crippen molar-refractivity contribution in [3.05, 3.63) is 77.2 Å². The van der Waals surface area contributed by atoms with Crippen molar-refractivity contribution in [3.63, 3.8) is 0 Å². The van der Waals surface area contributed by atoms with E-state index in [9.17, 15) is 19.1 Å². The van der Waals surface area contributed by atoms with Crippen LogP contribution in [0.3, 0.4) is 0 Å². The lowest BCUT2D eigenvalue weighted by molar-refractivity contribution is -0.141. The molecule has 2 heterocycles. The van der Waals surface area contributed by atoms with E-state index in [0.717, 1.165) is 42.1 Å². The first kappa shape index (κ1) is 19.5. The molecule has 31 heavy (non-hydrogen) atoms. The van der Waals surface area contributed by atoms with Crippen molar-refractivity contribution in [2.24, 2.45) is 7.05 Å². The number of halogens is 1. The second-order valence-corrected chi connectivity index (χ2v) is 8.36. The Labute approximate surface area is 179 Å². The lowest BCUT2D eigenvalue weighted by atomic mass is 9.94. The standard InChI is InChI=1S/C25H23FN2O3/c1-27-14-19(18-8-4-5-9-20(18)27)22-21(23(29)15-10-12-16(26)13-11-15)24(30)25(31)28(22)17-6-2-3-7-17/h4-5,8-14,17,22,29H,2-3,6-7H2,1H3/b23-21+. The van der Waals surface area contributed by atoms with E-state index >= 15 is 0 Å². The zero-order valence-corrected chi connectivity index (χ0v) is 17.2. The van der Waals surface area contributed by atoms with E-state index in [1.165, 1.54) is 24.3 Å². The molecule has 1 atom stereocenters. The Kier molecular flexibility index (Phi) is 4.65. The van der Waals surface area contributed by atoms with Crippen LogP contribution in [0.4, 0.5) is 4.39 Å². The fourth-order valence-electron chi connectivity index (χ4n) is 5.07. The van der Waals surface area contributed by atoms with Crippen LogP contribution in [0.15, 0.2) is 60.3 Å². The average molecular weight is 418 g/mol. The highest BCUT2D eigenvalue weighted by Crippen LogP contribution is 2.45. The smallest absolute Gasteiger partial charge is 0.295 e. The van der Waals surface area contributed by atoms with Gasteiger partial charge in [0, 0.05) is 41.3 Å². The number of aromatic nitrogens is 1. The van der Waals surface area contributed by atoms with Gasteiger partial charge < -0.3 is 14.6 Å². The van der Waals surface area contributed by atoms with Crippen LogP contribution >= 0.6 is 0 Å². The molecule has 1 aliphatic heterocycles. The second kappa shape index (κ2) is 7.38. The molecule has 1 unspecified atom stereocenters. The summed E-state index contributed by atoms with van der Waals surface area (Å²) in [5.41, 5.74) is 2.18. The molecule has 1 N–H and O–H groups in total. The van der Waals surface area contributed by atoms with Gasteiger partial charge in [-0.2, -0.15) is 0 Å². The van der Waals surface area contributed by atoms with E-state index in [1.54, 1.807) is 4.90 Å². The van der Waals surface area contributed by atoms with Gasteiger partial charge in [-0.3, -0.25) is 9.59 Å². The van der Waals surface area contributed by atoms with Gasteiger partial charge in [-0.1, -0.05) is 31.0 Å². The SMILES string of the molecule is Cn1cc(C2/C(=C(\O)c3ccc(F)cc3)C(=O)C(=O)N2C2CCCC2)c2ccccc21. The Morgan fingerprint density at radius 3 is 2.42 bits per heavy atom. The molecule has 1 aliphatic carbocycles. The molecule has 0 bridgehead atoms. The van der Waals surface area contributed by atoms with E-state index in [4.69, 9.17) is 0 Å². The molecule has 6 heteroatoms. The topological polar surface area (TPSA) is 62.5 Å². The molecule has 0 spiro atoms. The molecule has 2 fully saturated rings. The van der Waals surface area contributed by atoms with Crippen LogP contribution in [0.2, 0.25) is 0 Å². The van der Waals surface area contributed by atoms with Gasteiger partial charge >= 0.3 is 0 Å². The van der Waals surface area contributed by atoms with Crippen LogP contribution in [0, 0.1) is 5.82 Å². The summed E-state index contributed by atoms with van der Waals surface area (Å²) in [5, 5.41) is 12.1. The molecule has 1 saturated carbocycles. The number of likely N-dealkylation sites (tertiary alicyclic amines) is 1. The molecule has 2 aliphatic rings. The van der Waals surface area contributed by atoms with Gasteiger partial charge in [0.2, 0.25) is 0 Å². The van der Waals surface area contributed by atoms with Crippen molar-refractivity contribution in [2.75, 3.05) is 0 Å². The molecular formula is C25H23FN2O3. The number of nitrogens with zero attached hydrogens (tertiary/aromatic N) is 2. The minimum atomic E-state index is -0.688. The number of aliphatic hydroxyl groups excluding tert-OH is 1. The number of hydrogen-bond acceptors (Lipinski definition) is 3. The quantitative estimate of drug-likeness (QED) is 0.382. The second-order valence-electron chi connectivity index (χ2n) is 8.36. The van der Waals surface area contributed by atoms with E-state index in [2.05, 4.69) is 0 Å². The van der Waals surface area contributed by atoms with Crippen LogP contribution in [-0.2, 0) is 16.6 Å². The molecule has 1 saturated heterocycles. The maximum absolute atomic E-state index is 13.4. The number of carbonyl (C=O) groups is 2. The Morgan fingerprint density at radius 2 is 1.71 bits per heavy atom. The number of rotatable bonds is 3. The zero-order chi connectivity index (χ0) is 21.7. The monoisotopic (exact) mass is 418 g/mol. The summed E-state index contributed by atoms with van der Waals surface area (Å²) in [6, 6.07) is 12.4. The fraction of sp³-hybridized carbons (Fsp3) is 0.280. The third-order valence-electron chi connectivity index (χ3n) is 6.54. The lowest BCUT2D eigenvalue weighted by Gasteiger charge is -2.30. The summed E-state index contributed by atoms with van der Waals surface area (Å²) in [7, 11) is 1.92. The Morgan fingerprint density at radius 1 is 1.03 bits per heavy atom. The maximum atomic E-state index is 13.4. The zero-order valence-electron chi connectivity index (χ0n) is 17.2. The van der Waals surface area contributed by atoms with Crippen molar-refractivity contribution in [3.8, 4) is 0 Å². The average Bonchev–Trinajstić information content (AvgIpc) is 3.47. The highest BCUT2D eigenvalue weighted by atomic mass is 19.1. The normalized spacial score (nSPS) is 21.5. The van der Waals surface area contributed by atoms with Crippen molar-refractivity contribution < 1.29 is 19.1 Å². The van der Waals surface area contributed by atoms with Crippen LogP contribution in [0.5, 0.6) is 0 Å². The van der Waals surface area contributed by atoms with Crippen molar-refractivity contribution in [1.29, 1.82) is 0 Å². The number of benzene rings is 2. The van der Waals surface area contributed by atoms with Crippen LogP contribution in [-0.4, -0.2) is 32.3 Å². The Bertz CT molecular complexity index is 1220. The molecule has 3 aromatic rings. The van der Waals surface area contributed by atoms with Gasteiger partial charge in [-0.05, 0) is 43.2 Å². The van der Waals surface area contributed by atoms with Crippen molar-refractivity contribution >= 4 is 28.4 Å². The van der Waals surface area contributed by atoms with E-state index in [0.29, 0.717) is 5.56 Å². The highest BCUT2D eigenvalue weighted by molar-refractivity contribution is 6.46. The molecule has 2 aromatic carbocycles. The third kappa shape index (κ3) is 3.05.